The summed E-state index contributed by atoms with van der Waals surface area (Å²) in [7, 11) is 0. The normalized spacial score (nSPS) is 15.1. The molecule has 12 aromatic rings. The zero-order valence-electron chi connectivity index (χ0n) is 50.3. The molecule has 414 valence electrons. The van der Waals surface area contributed by atoms with E-state index in [9.17, 15) is 0 Å². The number of hydrogen-bond acceptors (Lipinski definition) is 2. The molecule has 2 nitrogen and oxygen atoms in total. The highest BCUT2D eigenvalue weighted by Gasteiger charge is 2.40. The van der Waals surface area contributed by atoms with Crippen molar-refractivity contribution < 1.29 is 0 Å². The zero-order valence-corrected chi connectivity index (χ0v) is 50.3. The van der Waals surface area contributed by atoms with E-state index in [2.05, 4.69) is 332 Å². The molecule has 0 atom stereocenters. The van der Waals surface area contributed by atoms with Gasteiger partial charge in [-0.1, -0.05) is 250 Å². The van der Waals surface area contributed by atoms with Crippen LogP contribution in [0.4, 0.5) is 34.1 Å². The van der Waals surface area contributed by atoms with Crippen LogP contribution in [0.3, 0.4) is 0 Å². The molecule has 0 heterocycles. The van der Waals surface area contributed by atoms with Crippen LogP contribution in [0.25, 0.3) is 77.9 Å². The van der Waals surface area contributed by atoms with Crippen LogP contribution in [-0.4, -0.2) is 0 Å². The molecule has 16 rings (SSSR count). The van der Waals surface area contributed by atoms with Gasteiger partial charge < -0.3 is 9.80 Å². The van der Waals surface area contributed by atoms with Gasteiger partial charge in [0.25, 0.3) is 0 Å². The molecule has 0 unspecified atom stereocenters. The number of benzene rings is 12. The van der Waals surface area contributed by atoms with E-state index >= 15 is 0 Å². The van der Waals surface area contributed by atoms with E-state index in [1.54, 1.807) is 0 Å². The molecule has 0 amide bonds. The second-order valence-corrected chi connectivity index (χ2v) is 26.5. The van der Waals surface area contributed by atoms with Crippen molar-refractivity contribution in [3.8, 4) is 77.9 Å². The van der Waals surface area contributed by atoms with E-state index < -0.39 is 0 Å². The van der Waals surface area contributed by atoms with Crippen molar-refractivity contribution in [2.75, 3.05) is 9.80 Å². The Balaban J connectivity index is 0.720. The van der Waals surface area contributed by atoms with E-state index in [1.165, 1.54) is 122 Å². The van der Waals surface area contributed by atoms with Crippen molar-refractivity contribution >= 4 is 34.1 Å². The highest BCUT2D eigenvalue weighted by molar-refractivity contribution is 5.92. The lowest BCUT2D eigenvalue weighted by Crippen LogP contribution is -2.18. The van der Waals surface area contributed by atoms with Gasteiger partial charge in [-0.05, 0) is 195 Å². The maximum Gasteiger partial charge on any atom is 0.0467 e. The average molecular weight is 1110 g/mol. The van der Waals surface area contributed by atoms with E-state index in [-0.39, 0.29) is 21.7 Å². The molecule has 0 bridgehead atoms. The molecule has 4 aliphatic rings. The lowest BCUT2D eigenvalue weighted by molar-refractivity contribution is 0.659. The predicted molar refractivity (Wildman–Crippen MR) is 362 cm³/mol. The summed E-state index contributed by atoms with van der Waals surface area (Å²) >= 11 is 0. The highest BCUT2D eigenvalue weighted by atomic mass is 15.1. The van der Waals surface area contributed by atoms with Gasteiger partial charge in [-0.25, -0.2) is 0 Å². The van der Waals surface area contributed by atoms with E-state index in [0.717, 1.165) is 34.1 Å². The van der Waals surface area contributed by atoms with Crippen LogP contribution < -0.4 is 9.80 Å². The summed E-state index contributed by atoms with van der Waals surface area (Å²) in [5.74, 6) is 0. The van der Waals surface area contributed by atoms with Crippen LogP contribution in [0.15, 0.2) is 267 Å². The summed E-state index contributed by atoms with van der Waals surface area (Å²) in [6, 6.07) is 101. The van der Waals surface area contributed by atoms with Gasteiger partial charge in [0.15, 0.2) is 0 Å². The van der Waals surface area contributed by atoms with E-state index in [1.807, 2.05) is 0 Å². The van der Waals surface area contributed by atoms with Crippen molar-refractivity contribution in [3.05, 3.63) is 311 Å². The van der Waals surface area contributed by atoms with Crippen LogP contribution in [0.5, 0.6) is 0 Å². The van der Waals surface area contributed by atoms with Crippen molar-refractivity contribution in [3.63, 3.8) is 0 Å². The number of hydrogen-bond donors (Lipinski definition) is 0. The fraction of sp³-hybridized carbons (Fsp3) is 0.143. The minimum Gasteiger partial charge on any atom is -0.310 e. The molecule has 4 aliphatic carbocycles. The van der Waals surface area contributed by atoms with Crippen molar-refractivity contribution in [2.24, 2.45) is 0 Å². The molecule has 0 fully saturated rings. The molecule has 0 spiro atoms. The molecular weight excluding hydrogens is 1040 g/mol. The Morgan fingerprint density at radius 1 is 0.174 bits per heavy atom. The first-order valence-corrected chi connectivity index (χ1v) is 30.6. The summed E-state index contributed by atoms with van der Waals surface area (Å²) in [6.45, 7) is 19.0. The summed E-state index contributed by atoms with van der Waals surface area (Å²) in [6.07, 6.45) is 0. The van der Waals surface area contributed by atoms with Gasteiger partial charge in [-0.15, -0.1) is 0 Å². The maximum absolute atomic E-state index is 2.48. The molecule has 86 heavy (non-hydrogen) atoms. The summed E-state index contributed by atoms with van der Waals surface area (Å²) in [4.78, 5) is 4.95. The first-order valence-electron chi connectivity index (χ1n) is 30.6. The standard InChI is InChI=1S/C84H68N2/c1-81(2)73-27-13-9-23-65(73)69-43-39-61(49-77(69)81)85(62-40-44-70-66-24-10-14-28-74(66)82(3,4)78(70)50-62)59-21-17-19-57(47-59)55-35-31-53(32-36-55)54-33-37-56(38-34-54)58-20-18-22-60(48-58)86(63-41-45-71-67-25-11-15-29-75(67)83(5,6)79(71)51-63)64-42-46-72-68-26-12-16-30-76(68)84(7,8)80(72)52-64/h9-52H,1-8H3. The number of rotatable bonds is 9. The molecule has 0 N–H and O–H groups in total. The molecule has 0 aromatic heterocycles. The second-order valence-electron chi connectivity index (χ2n) is 26.5. The fourth-order valence-electron chi connectivity index (χ4n) is 15.6. The average Bonchev–Trinajstić information content (AvgIpc) is 1.69. The minimum atomic E-state index is -0.128. The first-order chi connectivity index (χ1) is 41.6. The predicted octanol–water partition coefficient (Wildman–Crippen LogP) is 22.9. The summed E-state index contributed by atoms with van der Waals surface area (Å²) < 4.78 is 0. The Morgan fingerprint density at radius 3 is 0.663 bits per heavy atom. The maximum atomic E-state index is 2.48. The monoisotopic (exact) mass is 1100 g/mol. The molecule has 0 saturated heterocycles. The quantitative estimate of drug-likeness (QED) is 0.142. The Morgan fingerprint density at radius 2 is 0.395 bits per heavy atom. The minimum absolute atomic E-state index is 0.128. The third-order valence-electron chi connectivity index (χ3n) is 20.3. The molecule has 0 radical (unpaired) electrons. The zero-order chi connectivity index (χ0) is 58.4. The first kappa shape index (κ1) is 51.8. The van der Waals surface area contributed by atoms with Gasteiger partial charge >= 0.3 is 0 Å². The Labute approximate surface area is 507 Å². The molecule has 0 aliphatic heterocycles. The lowest BCUT2D eigenvalue weighted by atomic mass is 9.82. The Kier molecular flexibility index (Phi) is 11.4. The number of nitrogens with zero attached hydrogens (tertiary/aromatic N) is 2. The van der Waals surface area contributed by atoms with Gasteiger partial charge in [0, 0.05) is 55.8 Å². The third kappa shape index (κ3) is 7.78. The van der Waals surface area contributed by atoms with E-state index in [0.29, 0.717) is 0 Å². The van der Waals surface area contributed by atoms with Gasteiger partial charge in [0.1, 0.15) is 0 Å². The lowest BCUT2D eigenvalue weighted by Gasteiger charge is -2.30. The molecular formula is C84H68N2. The van der Waals surface area contributed by atoms with Gasteiger partial charge in [0.05, 0.1) is 0 Å². The summed E-state index contributed by atoms with van der Waals surface area (Å²) in [5.41, 5.74) is 35.0. The molecule has 0 saturated carbocycles. The third-order valence-corrected chi connectivity index (χ3v) is 20.3. The van der Waals surface area contributed by atoms with Crippen LogP contribution in [0.2, 0.25) is 0 Å². The SMILES string of the molecule is CC1(C)c2ccccc2-c2ccc(N(c3cccc(-c4ccc(-c5ccc(-c6cccc(N(c7ccc8c(c7)C(C)(C)c7ccccc7-8)c7ccc8c(c7)C(C)(C)c7ccccc7-8)c6)cc5)cc4)c3)c3ccc4c(c3)C(C)(C)c3ccccc3-4)cc21. The second kappa shape index (κ2) is 18.9. The van der Waals surface area contributed by atoms with Crippen molar-refractivity contribution in [1.29, 1.82) is 0 Å². The van der Waals surface area contributed by atoms with Gasteiger partial charge in [-0.3, -0.25) is 0 Å². The van der Waals surface area contributed by atoms with E-state index in [4.69, 9.17) is 0 Å². The largest absolute Gasteiger partial charge is 0.310 e. The summed E-state index contributed by atoms with van der Waals surface area (Å²) in [5, 5.41) is 0. The topological polar surface area (TPSA) is 6.48 Å². The Hall–Kier alpha value is -9.76. The fourth-order valence-corrected chi connectivity index (χ4v) is 15.6. The molecule has 2 heteroatoms. The van der Waals surface area contributed by atoms with Crippen LogP contribution in [0, 0.1) is 0 Å². The Bertz CT molecular complexity index is 4240. The van der Waals surface area contributed by atoms with Gasteiger partial charge in [0.2, 0.25) is 0 Å². The number of fused-ring (bicyclic) bond motifs is 12. The van der Waals surface area contributed by atoms with Crippen LogP contribution >= 0.6 is 0 Å². The van der Waals surface area contributed by atoms with Gasteiger partial charge in [-0.2, -0.15) is 0 Å². The highest BCUT2D eigenvalue weighted by Crippen LogP contribution is 2.56. The van der Waals surface area contributed by atoms with Crippen molar-refractivity contribution in [2.45, 2.75) is 77.0 Å². The number of anilines is 6. The van der Waals surface area contributed by atoms with Crippen LogP contribution in [-0.2, 0) is 21.7 Å². The smallest absolute Gasteiger partial charge is 0.0467 e. The van der Waals surface area contributed by atoms with Crippen LogP contribution in [0.1, 0.15) is 99.9 Å². The molecule has 12 aromatic carbocycles. The van der Waals surface area contributed by atoms with Crippen molar-refractivity contribution in [1.82, 2.24) is 0 Å².